The van der Waals surface area contributed by atoms with Gasteiger partial charge in [0.2, 0.25) is 0 Å². The predicted octanol–water partition coefficient (Wildman–Crippen LogP) is 4.06. The fraction of sp³-hybridized carbons (Fsp3) is 0.571. The van der Waals surface area contributed by atoms with Crippen molar-refractivity contribution in [2.75, 3.05) is 0 Å². The number of halogens is 2. The third kappa shape index (κ3) is 3.31. The van der Waals surface area contributed by atoms with E-state index in [1.54, 1.807) is 0 Å². The first-order valence-electron chi connectivity index (χ1n) is 6.63. The quantitative estimate of drug-likeness (QED) is 0.501. The van der Waals surface area contributed by atoms with Gasteiger partial charge in [0.25, 0.3) is 0 Å². The minimum absolute atomic E-state index is 0.0730. The molecule has 0 aliphatic heterocycles. The molecule has 0 amide bonds. The summed E-state index contributed by atoms with van der Waals surface area (Å²) in [5, 5.41) is 0. The Labute approximate surface area is 116 Å². The molecule has 2 rings (SSSR count). The molecule has 1 aliphatic rings. The van der Waals surface area contributed by atoms with Gasteiger partial charge in [-0.05, 0) is 30.9 Å². The third-order valence-corrected chi connectivity index (χ3v) is 4.34. The van der Waals surface area contributed by atoms with Crippen molar-refractivity contribution in [2.45, 2.75) is 44.6 Å². The van der Waals surface area contributed by atoms with Crippen LogP contribution >= 0.6 is 15.9 Å². The van der Waals surface area contributed by atoms with E-state index in [9.17, 15) is 4.39 Å². The van der Waals surface area contributed by atoms with Gasteiger partial charge in [0.05, 0.1) is 6.04 Å². The Balaban J connectivity index is 2.20. The lowest BCUT2D eigenvalue weighted by molar-refractivity contribution is 0.321. The van der Waals surface area contributed by atoms with E-state index in [4.69, 9.17) is 5.84 Å². The lowest BCUT2D eigenvalue weighted by Crippen LogP contribution is -2.34. The number of rotatable bonds is 3. The van der Waals surface area contributed by atoms with Crippen molar-refractivity contribution in [3.8, 4) is 0 Å². The Bertz CT molecular complexity index is 389. The minimum Gasteiger partial charge on any atom is -0.271 e. The molecule has 0 aromatic heterocycles. The molecule has 1 aromatic carbocycles. The summed E-state index contributed by atoms with van der Waals surface area (Å²) in [6.07, 6.45) is 7.28. The second-order valence-electron chi connectivity index (χ2n) is 5.06. The summed E-state index contributed by atoms with van der Waals surface area (Å²) in [6, 6.07) is 5.14. The molecule has 18 heavy (non-hydrogen) atoms. The number of hydrazine groups is 1. The monoisotopic (exact) mass is 314 g/mol. The largest absolute Gasteiger partial charge is 0.271 e. The van der Waals surface area contributed by atoms with E-state index in [0.717, 1.165) is 17.3 Å². The molecule has 0 heterocycles. The van der Waals surface area contributed by atoms with E-state index in [1.807, 2.05) is 12.1 Å². The first-order valence-corrected chi connectivity index (χ1v) is 7.42. The molecule has 2 nitrogen and oxygen atoms in total. The number of nitrogens with two attached hydrogens (primary N) is 1. The number of benzene rings is 1. The SMILES string of the molecule is NNC(c1ccc(Br)cc1F)C1CCCCCC1. The Morgan fingerprint density at radius 2 is 1.89 bits per heavy atom. The van der Waals surface area contributed by atoms with Gasteiger partial charge in [0.1, 0.15) is 5.82 Å². The summed E-state index contributed by atoms with van der Waals surface area (Å²) >= 11 is 3.28. The van der Waals surface area contributed by atoms with Gasteiger partial charge >= 0.3 is 0 Å². The fourth-order valence-electron chi connectivity index (χ4n) is 2.88. The molecule has 1 saturated carbocycles. The van der Waals surface area contributed by atoms with Crippen LogP contribution in [0.3, 0.4) is 0 Å². The normalized spacial score (nSPS) is 19.5. The smallest absolute Gasteiger partial charge is 0.129 e. The van der Waals surface area contributed by atoms with Crippen LogP contribution < -0.4 is 11.3 Å². The molecule has 1 aliphatic carbocycles. The average Bonchev–Trinajstić information content (AvgIpc) is 2.62. The maximum Gasteiger partial charge on any atom is 0.129 e. The van der Waals surface area contributed by atoms with Crippen molar-refractivity contribution in [3.63, 3.8) is 0 Å². The Morgan fingerprint density at radius 3 is 2.44 bits per heavy atom. The summed E-state index contributed by atoms with van der Waals surface area (Å²) in [6.45, 7) is 0. The Kier molecular flexibility index (Phi) is 5.15. The van der Waals surface area contributed by atoms with Crippen LogP contribution in [0.1, 0.15) is 50.1 Å². The lowest BCUT2D eigenvalue weighted by atomic mass is 9.87. The molecule has 100 valence electrons. The zero-order valence-corrected chi connectivity index (χ0v) is 12.0. The molecule has 1 fully saturated rings. The highest BCUT2D eigenvalue weighted by atomic mass is 79.9. The summed E-state index contributed by atoms with van der Waals surface area (Å²) in [5.74, 6) is 5.92. The molecule has 0 saturated heterocycles. The van der Waals surface area contributed by atoms with Gasteiger partial charge in [0, 0.05) is 10.0 Å². The summed E-state index contributed by atoms with van der Waals surface area (Å²) in [7, 11) is 0. The zero-order valence-electron chi connectivity index (χ0n) is 10.5. The van der Waals surface area contributed by atoms with Crippen LogP contribution in [0.15, 0.2) is 22.7 Å². The first-order chi connectivity index (χ1) is 8.72. The summed E-state index contributed by atoms with van der Waals surface area (Å²) in [4.78, 5) is 0. The van der Waals surface area contributed by atoms with E-state index < -0.39 is 0 Å². The van der Waals surface area contributed by atoms with Crippen LogP contribution in [0.5, 0.6) is 0 Å². The molecule has 0 radical (unpaired) electrons. The van der Waals surface area contributed by atoms with E-state index >= 15 is 0 Å². The molecule has 4 heteroatoms. The molecular formula is C14H20BrFN2. The van der Waals surface area contributed by atoms with E-state index in [1.165, 1.54) is 31.7 Å². The van der Waals surface area contributed by atoms with Gasteiger partial charge in [-0.3, -0.25) is 11.3 Å². The van der Waals surface area contributed by atoms with Gasteiger partial charge in [-0.1, -0.05) is 47.7 Å². The minimum atomic E-state index is -0.184. The van der Waals surface area contributed by atoms with Crippen molar-refractivity contribution in [2.24, 2.45) is 11.8 Å². The maximum atomic E-state index is 14.0. The average molecular weight is 315 g/mol. The molecule has 0 bridgehead atoms. The first kappa shape index (κ1) is 14.0. The van der Waals surface area contributed by atoms with Crippen molar-refractivity contribution in [1.29, 1.82) is 0 Å². The highest BCUT2D eigenvalue weighted by Gasteiger charge is 2.25. The second-order valence-corrected chi connectivity index (χ2v) is 5.98. The molecule has 1 unspecified atom stereocenters. The van der Waals surface area contributed by atoms with Gasteiger partial charge in [0.15, 0.2) is 0 Å². The molecule has 0 spiro atoms. The number of hydrogen-bond acceptors (Lipinski definition) is 2. The molecular weight excluding hydrogens is 295 g/mol. The Morgan fingerprint density at radius 1 is 1.22 bits per heavy atom. The highest BCUT2D eigenvalue weighted by Crippen LogP contribution is 2.34. The zero-order chi connectivity index (χ0) is 13.0. The maximum absolute atomic E-state index is 14.0. The second kappa shape index (κ2) is 6.64. The summed E-state index contributed by atoms with van der Waals surface area (Å²) < 4.78 is 14.8. The van der Waals surface area contributed by atoms with Crippen LogP contribution in [-0.2, 0) is 0 Å². The van der Waals surface area contributed by atoms with Gasteiger partial charge in [-0.25, -0.2) is 4.39 Å². The lowest BCUT2D eigenvalue weighted by Gasteiger charge is -2.26. The van der Waals surface area contributed by atoms with Gasteiger partial charge in [-0.2, -0.15) is 0 Å². The van der Waals surface area contributed by atoms with Crippen molar-refractivity contribution in [3.05, 3.63) is 34.1 Å². The van der Waals surface area contributed by atoms with Crippen molar-refractivity contribution >= 4 is 15.9 Å². The van der Waals surface area contributed by atoms with Crippen LogP contribution in [0.2, 0.25) is 0 Å². The number of hydrogen-bond donors (Lipinski definition) is 2. The summed E-state index contributed by atoms with van der Waals surface area (Å²) in [5.41, 5.74) is 3.51. The molecule has 1 aromatic rings. The fourth-order valence-corrected chi connectivity index (χ4v) is 3.21. The Hall–Kier alpha value is -0.450. The standard InChI is InChI=1S/C14H20BrFN2/c15-11-7-8-12(13(16)9-11)14(18-17)10-5-3-1-2-4-6-10/h7-10,14,18H,1-6,17H2. The number of nitrogens with one attached hydrogen (secondary N) is 1. The highest BCUT2D eigenvalue weighted by molar-refractivity contribution is 9.10. The third-order valence-electron chi connectivity index (χ3n) is 3.85. The van der Waals surface area contributed by atoms with Gasteiger partial charge in [-0.15, -0.1) is 0 Å². The van der Waals surface area contributed by atoms with Crippen molar-refractivity contribution in [1.82, 2.24) is 5.43 Å². The van der Waals surface area contributed by atoms with E-state index in [2.05, 4.69) is 21.4 Å². The van der Waals surface area contributed by atoms with E-state index in [0.29, 0.717) is 11.5 Å². The molecule has 3 N–H and O–H groups in total. The predicted molar refractivity (Wildman–Crippen MR) is 75.4 cm³/mol. The van der Waals surface area contributed by atoms with E-state index in [-0.39, 0.29) is 11.9 Å². The van der Waals surface area contributed by atoms with Crippen LogP contribution in [-0.4, -0.2) is 0 Å². The molecule has 1 atom stereocenters. The topological polar surface area (TPSA) is 38.0 Å². The van der Waals surface area contributed by atoms with Crippen LogP contribution in [0, 0.1) is 11.7 Å². The van der Waals surface area contributed by atoms with Crippen molar-refractivity contribution < 1.29 is 4.39 Å². The van der Waals surface area contributed by atoms with Gasteiger partial charge < -0.3 is 0 Å². The van der Waals surface area contributed by atoms with Crippen LogP contribution in [0.25, 0.3) is 0 Å². The van der Waals surface area contributed by atoms with Crippen LogP contribution in [0.4, 0.5) is 4.39 Å².